The fraction of sp³-hybridized carbons (Fsp3) is 0.500. The average Bonchev–Trinajstić information content (AvgIpc) is 2.58. The Hall–Kier alpha value is -2.84. The van der Waals surface area contributed by atoms with Gasteiger partial charge in [-0.05, 0) is 24.8 Å². The molecule has 9 nitrogen and oxygen atoms in total. The normalized spacial score (nSPS) is 20.0. The first-order valence-corrected chi connectivity index (χ1v) is 7.81. The number of carboxylic acid groups (broad SMARTS) is 1. The molecule has 1 aromatic rings. The largest absolute Gasteiger partial charge is 0.490 e. The second kappa shape index (κ2) is 7.82. The van der Waals surface area contributed by atoms with Crippen LogP contribution in [-0.2, 0) is 9.59 Å². The van der Waals surface area contributed by atoms with Crippen LogP contribution in [0, 0.1) is 16.0 Å². The van der Waals surface area contributed by atoms with Crippen molar-refractivity contribution in [2.45, 2.75) is 25.8 Å². The second-order valence-electron chi connectivity index (χ2n) is 5.95. The SMILES string of the molecule is COc1cc(OCC(=O)N2CCC(C)CC2C(=O)O)ccc1[N+](=O)[O-]. The highest BCUT2D eigenvalue weighted by Gasteiger charge is 2.34. The number of piperidine rings is 1. The van der Waals surface area contributed by atoms with Gasteiger partial charge in [-0.15, -0.1) is 0 Å². The fourth-order valence-corrected chi connectivity index (χ4v) is 2.80. The molecule has 1 N–H and O–H groups in total. The van der Waals surface area contributed by atoms with Crippen LogP contribution in [0.25, 0.3) is 0 Å². The Labute approximate surface area is 144 Å². The topological polar surface area (TPSA) is 119 Å². The molecule has 1 aliphatic rings. The summed E-state index contributed by atoms with van der Waals surface area (Å²) < 4.78 is 10.3. The van der Waals surface area contributed by atoms with Crippen LogP contribution in [0.1, 0.15) is 19.8 Å². The van der Waals surface area contributed by atoms with Crippen LogP contribution in [0.5, 0.6) is 11.5 Å². The van der Waals surface area contributed by atoms with Crippen LogP contribution < -0.4 is 9.47 Å². The summed E-state index contributed by atoms with van der Waals surface area (Å²) in [6.07, 6.45) is 1.15. The molecule has 1 heterocycles. The van der Waals surface area contributed by atoms with Gasteiger partial charge in [0.25, 0.3) is 5.91 Å². The summed E-state index contributed by atoms with van der Waals surface area (Å²) >= 11 is 0. The molecule has 0 aromatic heterocycles. The summed E-state index contributed by atoms with van der Waals surface area (Å²) in [6.45, 7) is 1.97. The van der Waals surface area contributed by atoms with Gasteiger partial charge in [0.15, 0.2) is 6.61 Å². The van der Waals surface area contributed by atoms with Gasteiger partial charge < -0.3 is 19.5 Å². The molecule has 2 unspecified atom stereocenters. The number of amides is 1. The van der Waals surface area contributed by atoms with E-state index in [1.807, 2.05) is 6.92 Å². The highest BCUT2D eigenvalue weighted by atomic mass is 16.6. The van der Waals surface area contributed by atoms with Gasteiger partial charge >= 0.3 is 11.7 Å². The zero-order valence-corrected chi connectivity index (χ0v) is 14.0. The number of methoxy groups -OCH3 is 1. The summed E-state index contributed by atoms with van der Waals surface area (Å²) in [4.78, 5) is 35.3. The van der Waals surface area contributed by atoms with Gasteiger partial charge in [0, 0.05) is 18.7 Å². The zero-order chi connectivity index (χ0) is 18.6. The predicted molar refractivity (Wildman–Crippen MR) is 86.7 cm³/mol. The van der Waals surface area contributed by atoms with Crippen molar-refractivity contribution in [3.8, 4) is 11.5 Å². The number of nitro groups is 1. The third-order valence-corrected chi connectivity index (χ3v) is 4.18. The first-order chi connectivity index (χ1) is 11.8. The molecule has 1 saturated heterocycles. The highest BCUT2D eigenvalue weighted by Crippen LogP contribution is 2.31. The number of carboxylic acids is 1. The molecule has 2 atom stereocenters. The molecule has 0 bridgehead atoms. The quantitative estimate of drug-likeness (QED) is 0.611. The predicted octanol–water partition coefficient (Wildman–Crippen LogP) is 1.69. The molecule has 1 amide bonds. The standard InChI is InChI=1S/C16H20N2O7/c1-10-5-6-17(13(7-10)16(20)21)15(19)9-25-11-3-4-12(18(22)23)14(8-11)24-2/h3-4,8,10,13H,5-7,9H2,1-2H3,(H,20,21). The molecule has 136 valence electrons. The van der Waals surface area contributed by atoms with E-state index in [-0.39, 0.29) is 29.7 Å². The number of carbonyl (C=O) groups is 2. The van der Waals surface area contributed by atoms with E-state index in [2.05, 4.69) is 0 Å². The molecule has 25 heavy (non-hydrogen) atoms. The molecule has 1 aromatic carbocycles. The molecule has 9 heteroatoms. The van der Waals surface area contributed by atoms with E-state index < -0.39 is 22.8 Å². The van der Waals surface area contributed by atoms with Gasteiger partial charge in [0.2, 0.25) is 5.75 Å². The lowest BCUT2D eigenvalue weighted by Crippen LogP contribution is -2.51. The molecule has 0 radical (unpaired) electrons. The maximum Gasteiger partial charge on any atom is 0.326 e. The van der Waals surface area contributed by atoms with Crippen molar-refractivity contribution in [1.29, 1.82) is 0 Å². The maximum atomic E-state index is 12.3. The number of aliphatic carboxylic acids is 1. The third-order valence-electron chi connectivity index (χ3n) is 4.18. The summed E-state index contributed by atoms with van der Waals surface area (Å²) in [5.74, 6) is -0.975. The van der Waals surface area contributed by atoms with Crippen LogP contribution in [0.3, 0.4) is 0 Å². The summed E-state index contributed by atoms with van der Waals surface area (Å²) in [7, 11) is 1.30. The summed E-state index contributed by atoms with van der Waals surface area (Å²) in [5.41, 5.74) is -0.211. The number of carbonyl (C=O) groups excluding carboxylic acids is 1. The van der Waals surface area contributed by atoms with Crippen LogP contribution in [0.2, 0.25) is 0 Å². The van der Waals surface area contributed by atoms with Crippen molar-refractivity contribution in [1.82, 2.24) is 4.90 Å². The molecule has 1 aliphatic heterocycles. The minimum absolute atomic E-state index is 0.0187. The Balaban J connectivity index is 2.04. The smallest absolute Gasteiger partial charge is 0.326 e. The van der Waals surface area contributed by atoms with Crippen LogP contribution in [0.15, 0.2) is 18.2 Å². The van der Waals surface area contributed by atoms with E-state index in [1.54, 1.807) is 0 Å². The monoisotopic (exact) mass is 352 g/mol. The van der Waals surface area contributed by atoms with Crippen molar-refractivity contribution >= 4 is 17.6 Å². The lowest BCUT2D eigenvalue weighted by molar-refractivity contribution is -0.385. The van der Waals surface area contributed by atoms with Gasteiger partial charge in [0.05, 0.1) is 12.0 Å². The lowest BCUT2D eigenvalue weighted by atomic mass is 9.92. The van der Waals surface area contributed by atoms with Crippen LogP contribution in [0.4, 0.5) is 5.69 Å². The molecule has 0 saturated carbocycles. The van der Waals surface area contributed by atoms with Gasteiger partial charge in [-0.1, -0.05) is 6.92 Å². The van der Waals surface area contributed by atoms with Gasteiger partial charge in [-0.25, -0.2) is 4.79 Å². The molecule has 0 aliphatic carbocycles. The van der Waals surface area contributed by atoms with E-state index in [0.29, 0.717) is 13.0 Å². The summed E-state index contributed by atoms with van der Waals surface area (Å²) in [5, 5.41) is 20.2. The van der Waals surface area contributed by atoms with Crippen LogP contribution in [-0.4, -0.2) is 53.1 Å². The molecule has 1 fully saturated rings. The number of rotatable bonds is 6. The number of nitrogens with zero attached hydrogens (tertiary/aromatic N) is 2. The molecule has 0 spiro atoms. The van der Waals surface area contributed by atoms with E-state index in [0.717, 1.165) is 6.42 Å². The number of hydrogen-bond acceptors (Lipinski definition) is 6. The number of ether oxygens (including phenoxy) is 2. The van der Waals surface area contributed by atoms with E-state index in [4.69, 9.17) is 9.47 Å². The Kier molecular flexibility index (Phi) is 5.79. The minimum atomic E-state index is -1.03. The maximum absolute atomic E-state index is 12.3. The fourth-order valence-electron chi connectivity index (χ4n) is 2.80. The number of hydrogen-bond donors (Lipinski definition) is 1. The average molecular weight is 352 g/mol. The number of benzene rings is 1. The van der Waals surface area contributed by atoms with Gasteiger partial charge in [-0.2, -0.15) is 0 Å². The Morgan fingerprint density at radius 2 is 2.16 bits per heavy atom. The van der Waals surface area contributed by atoms with Crippen molar-refractivity contribution < 1.29 is 29.1 Å². The van der Waals surface area contributed by atoms with E-state index >= 15 is 0 Å². The number of nitro benzene ring substituents is 1. The van der Waals surface area contributed by atoms with Crippen molar-refractivity contribution in [3.63, 3.8) is 0 Å². The molecular weight excluding hydrogens is 332 g/mol. The zero-order valence-electron chi connectivity index (χ0n) is 14.0. The Morgan fingerprint density at radius 3 is 2.76 bits per heavy atom. The first kappa shape index (κ1) is 18.5. The Bertz CT molecular complexity index is 676. The van der Waals surface area contributed by atoms with Crippen molar-refractivity contribution in [3.05, 3.63) is 28.3 Å². The second-order valence-corrected chi connectivity index (χ2v) is 5.95. The highest BCUT2D eigenvalue weighted by molar-refractivity contribution is 5.84. The lowest BCUT2D eigenvalue weighted by Gasteiger charge is -2.35. The van der Waals surface area contributed by atoms with Gasteiger partial charge in [0.1, 0.15) is 11.8 Å². The summed E-state index contributed by atoms with van der Waals surface area (Å²) in [6, 6.07) is 3.05. The van der Waals surface area contributed by atoms with Gasteiger partial charge in [-0.3, -0.25) is 14.9 Å². The minimum Gasteiger partial charge on any atom is -0.490 e. The number of likely N-dealkylation sites (tertiary alicyclic amines) is 1. The van der Waals surface area contributed by atoms with Crippen molar-refractivity contribution in [2.24, 2.45) is 5.92 Å². The van der Waals surface area contributed by atoms with E-state index in [9.17, 15) is 24.8 Å². The molecule has 2 rings (SSSR count). The first-order valence-electron chi connectivity index (χ1n) is 7.81. The van der Waals surface area contributed by atoms with E-state index in [1.165, 1.54) is 30.2 Å². The Morgan fingerprint density at radius 1 is 1.44 bits per heavy atom. The van der Waals surface area contributed by atoms with Crippen LogP contribution >= 0.6 is 0 Å². The van der Waals surface area contributed by atoms with Crippen molar-refractivity contribution in [2.75, 3.05) is 20.3 Å². The third kappa shape index (κ3) is 4.37. The molecular formula is C16H20N2O7.